The summed E-state index contributed by atoms with van der Waals surface area (Å²) in [5.41, 5.74) is 1.06. The van der Waals surface area contributed by atoms with Crippen molar-refractivity contribution < 1.29 is 9.47 Å². The lowest BCUT2D eigenvalue weighted by Crippen LogP contribution is -2.19. The van der Waals surface area contributed by atoms with Crippen LogP contribution in [0.25, 0.3) is 0 Å². The molecule has 0 spiro atoms. The predicted octanol–water partition coefficient (Wildman–Crippen LogP) is 2.55. The van der Waals surface area contributed by atoms with Gasteiger partial charge in [-0.3, -0.25) is 0 Å². The fourth-order valence-corrected chi connectivity index (χ4v) is 2.89. The minimum atomic E-state index is 0.115. The Kier molecular flexibility index (Phi) is 5.83. The fourth-order valence-electron chi connectivity index (χ4n) is 1.96. The normalized spacial score (nSPS) is 12.0. The van der Waals surface area contributed by atoms with Crippen molar-refractivity contribution in [3.05, 3.63) is 42.2 Å². The maximum absolute atomic E-state index is 5.44. The number of methoxy groups -OCH3 is 2. The van der Waals surface area contributed by atoms with Gasteiger partial charge >= 0.3 is 0 Å². The molecule has 6 heteroatoms. The van der Waals surface area contributed by atoms with Crippen molar-refractivity contribution in [2.75, 3.05) is 27.0 Å². The van der Waals surface area contributed by atoms with Crippen molar-refractivity contribution in [3.63, 3.8) is 0 Å². The van der Waals surface area contributed by atoms with Crippen molar-refractivity contribution in [2.45, 2.75) is 11.2 Å². The number of nitrogens with zero attached hydrogens (tertiary/aromatic N) is 2. The van der Waals surface area contributed by atoms with Crippen molar-refractivity contribution in [3.8, 4) is 11.5 Å². The molecule has 0 fully saturated rings. The highest BCUT2D eigenvalue weighted by atomic mass is 32.2. The summed E-state index contributed by atoms with van der Waals surface area (Å²) in [5.74, 6) is 2.45. The van der Waals surface area contributed by atoms with Crippen LogP contribution in [0.3, 0.4) is 0 Å². The van der Waals surface area contributed by atoms with Crippen LogP contribution in [0.5, 0.6) is 11.5 Å². The summed E-state index contributed by atoms with van der Waals surface area (Å²) in [6.07, 6.45) is 3.49. The monoisotopic (exact) mass is 305 g/mol. The highest BCUT2D eigenvalue weighted by Crippen LogP contribution is 2.31. The van der Waals surface area contributed by atoms with E-state index >= 15 is 0 Å². The molecule has 0 saturated heterocycles. The number of thioether (sulfide) groups is 1. The molecule has 0 aliphatic heterocycles. The molecule has 5 nitrogen and oxygen atoms in total. The Morgan fingerprint density at radius 1 is 1.19 bits per heavy atom. The maximum atomic E-state index is 5.44. The molecule has 0 amide bonds. The Balaban J connectivity index is 2.16. The Hall–Kier alpha value is -1.79. The van der Waals surface area contributed by atoms with Gasteiger partial charge in [0.1, 0.15) is 11.5 Å². The molecular formula is C15H19N3O2S. The van der Waals surface area contributed by atoms with Gasteiger partial charge in [0.15, 0.2) is 5.16 Å². The van der Waals surface area contributed by atoms with E-state index in [1.54, 1.807) is 38.4 Å². The van der Waals surface area contributed by atoms with Crippen molar-refractivity contribution in [1.29, 1.82) is 0 Å². The van der Waals surface area contributed by atoms with E-state index in [9.17, 15) is 0 Å². The molecule has 1 unspecified atom stereocenters. The molecule has 2 rings (SSSR count). The Bertz CT molecular complexity index is 566. The standard InChI is InChI=1S/C15H19N3O2S/c1-16-13(10-21-15-17-7-4-8-18-15)12-9-11(19-2)5-6-14(12)20-3/h4-9,13,16H,10H2,1-3H3. The lowest BCUT2D eigenvalue weighted by atomic mass is 10.1. The summed E-state index contributed by atoms with van der Waals surface area (Å²) in [4.78, 5) is 8.45. The highest BCUT2D eigenvalue weighted by molar-refractivity contribution is 7.99. The van der Waals surface area contributed by atoms with Gasteiger partial charge in [-0.2, -0.15) is 0 Å². The zero-order chi connectivity index (χ0) is 15.1. The molecule has 0 aliphatic rings. The smallest absolute Gasteiger partial charge is 0.187 e. The van der Waals surface area contributed by atoms with Gasteiger partial charge in [0.05, 0.1) is 14.2 Å². The molecule has 1 atom stereocenters. The van der Waals surface area contributed by atoms with E-state index in [2.05, 4.69) is 15.3 Å². The first-order valence-corrected chi connectivity index (χ1v) is 7.56. The third-order valence-corrected chi connectivity index (χ3v) is 4.05. The third-order valence-electron chi connectivity index (χ3n) is 3.08. The number of rotatable bonds is 7. The van der Waals surface area contributed by atoms with Crippen LogP contribution in [-0.4, -0.2) is 37.0 Å². The van der Waals surface area contributed by atoms with Crippen molar-refractivity contribution >= 4 is 11.8 Å². The van der Waals surface area contributed by atoms with Gasteiger partial charge in [-0.25, -0.2) is 9.97 Å². The fraction of sp³-hybridized carbons (Fsp3) is 0.333. The summed E-state index contributed by atoms with van der Waals surface area (Å²) in [6, 6.07) is 7.73. The van der Waals surface area contributed by atoms with Crippen LogP contribution in [-0.2, 0) is 0 Å². The van der Waals surface area contributed by atoms with Gasteiger partial charge < -0.3 is 14.8 Å². The Morgan fingerprint density at radius 2 is 1.95 bits per heavy atom. The van der Waals surface area contributed by atoms with E-state index in [0.29, 0.717) is 0 Å². The third kappa shape index (κ3) is 4.09. The Morgan fingerprint density at radius 3 is 2.57 bits per heavy atom. The van der Waals surface area contributed by atoms with E-state index in [0.717, 1.165) is 28.0 Å². The van der Waals surface area contributed by atoms with Crippen LogP contribution < -0.4 is 14.8 Å². The quantitative estimate of drug-likeness (QED) is 0.627. The number of ether oxygens (including phenoxy) is 2. The maximum Gasteiger partial charge on any atom is 0.187 e. The van der Waals surface area contributed by atoms with Crippen LogP contribution >= 0.6 is 11.8 Å². The second kappa shape index (κ2) is 7.85. The SMILES string of the molecule is CNC(CSc1ncccn1)c1cc(OC)ccc1OC. The molecule has 0 saturated carbocycles. The molecule has 0 bridgehead atoms. The summed E-state index contributed by atoms with van der Waals surface area (Å²) in [7, 11) is 5.26. The molecule has 1 aromatic heterocycles. The first-order valence-electron chi connectivity index (χ1n) is 6.57. The minimum absolute atomic E-state index is 0.115. The average Bonchev–Trinajstić information content (AvgIpc) is 2.56. The number of benzene rings is 1. The highest BCUT2D eigenvalue weighted by Gasteiger charge is 2.16. The van der Waals surface area contributed by atoms with Crippen LogP contribution in [0, 0.1) is 0 Å². The van der Waals surface area contributed by atoms with E-state index < -0.39 is 0 Å². The molecule has 21 heavy (non-hydrogen) atoms. The van der Waals surface area contributed by atoms with Gasteiger partial charge in [0.2, 0.25) is 0 Å². The average molecular weight is 305 g/mol. The summed E-state index contributed by atoms with van der Waals surface area (Å²) < 4.78 is 10.7. The topological polar surface area (TPSA) is 56.3 Å². The van der Waals surface area contributed by atoms with Crippen LogP contribution in [0.4, 0.5) is 0 Å². The molecule has 2 aromatic rings. The molecule has 0 radical (unpaired) electrons. The molecule has 1 N–H and O–H groups in total. The number of nitrogens with one attached hydrogen (secondary N) is 1. The second-order valence-electron chi connectivity index (χ2n) is 4.29. The van der Waals surface area contributed by atoms with Gasteiger partial charge in [-0.15, -0.1) is 0 Å². The predicted molar refractivity (Wildman–Crippen MR) is 84.1 cm³/mol. The van der Waals surface area contributed by atoms with E-state index in [4.69, 9.17) is 9.47 Å². The van der Waals surface area contributed by atoms with Crippen LogP contribution in [0.15, 0.2) is 41.8 Å². The zero-order valence-electron chi connectivity index (χ0n) is 12.4. The number of aromatic nitrogens is 2. The van der Waals surface area contributed by atoms with Crippen LogP contribution in [0.2, 0.25) is 0 Å². The molecule has 1 aromatic carbocycles. The molecule has 1 heterocycles. The van der Waals surface area contributed by atoms with E-state index in [1.165, 1.54) is 0 Å². The second-order valence-corrected chi connectivity index (χ2v) is 5.28. The van der Waals surface area contributed by atoms with Gasteiger partial charge in [0.25, 0.3) is 0 Å². The lowest BCUT2D eigenvalue weighted by Gasteiger charge is -2.19. The number of hydrogen-bond acceptors (Lipinski definition) is 6. The molecule has 0 aliphatic carbocycles. The van der Waals surface area contributed by atoms with Crippen LogP contribution in [0.1, 0.15) is 11.6 Å². The van der Waals surface area contributed by atoms with E-state index in [-0.39, 0.29) is 6.04 Å². The van der Waals surface area contributed by atoms with Gasteiger partial charge in [0, 0.05) is 29.8 Å². The van der Waals surface area contributed by atoms with Crippen molar-refractivity contribution in [2.24, 2.45) is 0 Å². The molecular weight excluding hydrogens is 286 g/mol. The van der Waals surface area contributed by atoms with E-state index in [1.807, 2.05) is 31.3 Å². The number of hydrogen-bond donors (Lipinski definition) is 1. The van der Waals surface area contributed by atoms with Crippen molar-refractivity contribution in [1.82, 2.24) is 15.3 Å². The molecule has 112 valence electrons. The summed E-state index contributed by atoms with van der Waals surface area (Å²) in [6.45, 7) is 0. The zero-order valence-corrected chi connectivity index (χ0v) is 13.2. The first-order chi connectivity index (χ1) is 10.3. The first kappa shape index (κ1) is 15.6. The minimum Gasteiger partial charge on any atom is -0.497 e. The van der Waals surface area contributed by atoms with Gasteiger partial charge in [-0.05, 0) is 31.3 Å². The van der Waals surface area contributed by atoms with Gasteiger partial charge in [-0.1, -0.05) is 11.8 Å². The lowest BCUT2D eigenvalue weighted by molar-refractivity contribution is 0.394. The largest absolute Gasteiger partial charge is 0.497 e. The Labute approximate surface area is 129 Å². The summed E-state index contributed by atoms with van der Waals surface area (Å²) >= 11 is 1.60. The summed E-state index contributed by atoms with van der Waals surface area (Å²) in [5, 5.41) is 4.07.